The Morgan fingerprint density at radius 2 is 1.83 bits per heavy atom. The highest BCUT2D eigenvalue weighted by molar-refractivity contribution is 5.69. The highest BCUT2D eigenvalue weighted by Crippen LogP contribution is 2.50. The summed E-state index contributed by atoms with van der Waals surface area (Å²) >= 11 is 0. The van der Waals surface area contributed by atoms with E-state index in [2.05, 4.69) is 4.90 Å². The first kappa shape index (κ1) is 16.2. The van der Waals surface area contributed by atoms with E-state index < -0.39 is 5.60 Å². The fourth-order valence-corrected chi connectivity index (χ4v) is 5.46. The molecule has 3 aliphatic carbocycles. The lowest BCUT2D eigenvalue weighted by Crippen LogP contribution is -2.52. The number of rotatable bonds is 0. The van der Waals surface area contributed by atoms with Gasteiger partial charge < -0.3 is 9.64 Å². The Morgan fingerprint density at radius 3 is 2.62 bits per heavy atom. The van der Waals surface area contributed by atoms with Crippen LogP contribution in [0.5, 0.6) is 0 Å². The van der Waals surface area contributed by atoms with Gasteiger partial charge in [-0.15, -0.1) is 0 Å². The average molecular weight is 329 g/mol. The van der Waals surface area contributed by atoms with Gasteiger partial charge in [-0.3, -0.25) is 0 Å². The van der Waals surface area contributed by atoms with Gasteiger partial charge in [0.25, 0.3) is 0 Å². The molecular formula is C21H31NO2. The van der Waals surface area contributed by atoms with Gasteiger partial charge >= 0.3 is 6.09 Å². The van der Waals surface area contributed by atoms with E-state index in [1.165, 1.54) is 44.9 Å². The Morgan fingerprint density at radius 1 is 1.00 bits per heavy atom. The average Bonchev–Trinajstić information content (AvgIpc) is 3.01. The molecule has 1 aliphatic heterocycles. The molecule has 24 heavy (non-hydrogen) atoms. The van der Waals surface area contributed by atoms with Crippen molar-refractivity contribution in [1.29, 1.82) is 0 Å². The molecule has 2 atom stereocenters. The van der Waals surface area contributed by atoms with Gasteiger partial charge in [0.15, 0.2) is 0 Å². The van der Waals surface area contributed by atoms with Crippen LogP contribution in [0.25, 0.3) is 0 Å². The molecule has 0 aromatic carbocycles. The summed E-state index contributed by atoms with van der Waals surface area (Å²) in [6.07, 6.45) is 11.1. The lowest BCUT2D eigenvalue weighted by Gasteiger charge is -2.47. The van der Waals surface area contributed by atoms with E-state index in [1.807, 2.05) is 20.8 Å². The standard InChI is InChI=1S/C21H31NO2/c1-21(2,3)24-20(23)22-13-5-8-18-17-10-9-14-6-4-7-15(14)16(17)11-12-19(18)22/h18-19H,4-13H2,1-3H3. The van der Waals surface area contributed by atoms with Gasteiger partial charge in [-0.05, 0) is 89.7 Å². The van der Waals surface area contributed by atoms with E-state index in [4.69, 9.17) is 4.74 Å². The molecule has 1 saturated heterocycles. The third-order valence-electron chi connectivity index (χ3n) is 6.32. The molecule has 0 spiro atoms. The smallest absolute Gasteiger partial charge is 0.410 e. The minimum absolute atomic E-state index is 0.0992. The SMILES string of the molecule is CC(C)(C)OC(=O)N1CCCC2C3=C(CCC21)C1=C(CCC1)CC3. The Balaban J connectivity index is 1.58. The summed E-state index contributed by atoms with van der Waals surface area (Å²) in [6.45, 7) is 6.75. The molecular weight excluding hydrogens is 298 g/mol. The van der Waals surface area contributed by atoms with Crippen LogP contribution in [0.15, 0.2) is 22.3 Å². The lowest BCUT2D eigenvalue weighted by molar-refractivity contribution is 0.000346. The van der Waals surface area contributed by atoms with Gasteiger partial charge in [-0.1, -0.05) is 11.1 Å². The predicted octanol–water partition coefficient (Wildman–Crippen LogP) is 5.37. The number of carbonyl (C=O) groups excluding carboxylic acids is 1. The van der Waals surface area contributed by atoms with Crippen LogP contribution >= 0.6 is 0 Å². The number of piperidine rings is 1. The van der Waals surface area contributed by atoms with Gasteiger partial charge in [0.05, 0.1) is 0 Å². The number of carbonyl (C=O) groups is 1. The minimum atomic E-state index is -0.405. The molecule has 4 rings (SSSR count). The van der Waals surface area contributed by atoms with E-state index >= 15 is 0 Å². The Hall–Kier alpha value is -1.25. The molecule has 1 fully saturated rings. The summed E-state index contributed by atoms with van der Waals surface area (Å²) in [5.41, 5.74) is 6.50. The predicted molar refractivity (Wildman–Crippen MR) is 95.8 cm³/mol. The fraction of sp³-hybridized carbons (Fsp3) is 0.762. The third-order valence-corrected chi connectivity index (χ3v) is 6.32. The highest BCUT2D eigenvalue weighted by Gasteiger charge is 2.42. The van der Waals surface area contributed by atoms with Crippen molar-refractivity contribution in [3.05, 3.63) is 22.3 Å². The topological polar surface area (TPSA) is 29.5 Å². The molecule has 0 aromatic rings. The first-order chi connectivity index (χ1) is 11.4. The second-order valence-electron chi connectivity index (χ2n) is 8.97. The van der Waals surface area contributed by atoms with Crippen molar-refractivity contribution in [2.24, 2.45) is 5.92 Å². The summed E-state index contributed by atoms with van der Waals surface area (Å²) in [7, 11) is 0. The van der Waals surface area contributed by atoms with Crippen LogP contribution in [0, 0.1) is 5.92 Å². The van der Waals surface area contributed by atoms with E-state index in [0.29, 0.717) is 12.0 Å². The van der Waals surface area contributed by atoms with Gasteiger partial charge in [-0.2, -0.15) is 0 Å². The van der Waals surface area contributed by atoms with Crippen LogP contribution in [-0.4, -0.2) is 29.2 Å². The molecule has 3 heteroatoms. The van der Waals surface area contributed by atoms with Gasteiger partial charge in [0.2, 0.25) is 0 Å². The zero-order valence-corrected chi connectivity index (χ0v) is 15.5. The van der Waals surface area contributed by atoms with E-state index in [-0.39, 0.29) is 6.09 Å². The zero-order valence-electron chi connectivity index (χ0n) is 15.5. The van der Waals surface area contributed by atoms with Gasteiger partial charge in [0.1, 0.15) is 5.60 Å². The number of amides is 1. The Bertz CT molecular complexity index is 608. The van der Waals surface area contributed by atoms with Gasteiger partial charge in [-0.25, -0.2) is 4.79 Å². The number of fused-ring (bicyclic) bond motifs is 3. The van der Waals surface area contributed by atoms with Crippen molar-refractivity contribution in [3.63, 3.8) is 0 Å². The van der Waals surface area contributed by atoms with E-state index in [1.54, 1.807) is 22.3 Å². The molecule has 4 aliphatic rings. The molecule has 0 N–H and O–H groups in total. The second-order valence-corrected chi connectivity index (χ2v) is 8.97. The molecule has 0 aromatic heterocycles. The number of hydrogen-bond donors (Lipinski definition) is 0. The summed E-state index contributed by atoms with van der Waals surface area (Å²) in [6, 6.07) is 0.371. The molecule has 2 unspecified atom stereocenters. The molecule has 1 heterocycles. The van der Waals surface area contributed by atoms with Crippen molar-refractivity contribution in [3.8, 4) is 0 Å². The minimum Gasteiger partial charge on any atom is -0.444 e. The Kier molecular flexibility index (Phi) is 4.01. The Labute approximate surface area is 146 Å². The van der Waals surface area contributed by atoms with Crippen LogP contribution < -0.4 is 0 Å². The van der Waals surface area contributed by atoms with E-state index in [0.717, 1.165) is 19.4 Å². The number of allylic oxidation sites excluding steroid dienone is 3. The zero-order chi connectivity index (χ0) is 16.9. The largest absolute Gasteiger partial charge is 0.444 e. The summed E-state index contributed by atoms with van der Waals surface area (Å²) in [5.74, 6) is 0.588. The van der Waals surface area contributed by atoms with Crippen LogP contribution in [0.1, 0.15) is 78.6 Å². The summed E-state index contributed by atoms with van der Waals surface area (Å²) in [4.78, 5) is 14.7. The molecule has 0 saturated carbocycles. The number of likely N-dealkylation sites (tertiary alicyclic amines) is 1. The maximum atomic E-state index is 12.7. The van der Waals surface area contributed by atoms with E-state index in [9.17, 15) is 4.79 Å². The monoisotopic (exact) mass is 329 g/mol. The maximum absolute atomic E-state index is 12.7. The maximum Gasteiger partial charge on any atom is 0.410 e. The quantitative estimate of drug-likeness (QED) is 0.598. The summed E-state index contributed by atoms with van der Waals surface area (Å²) < 4.78 is 5.69. The first-order valence-electron chi connectivity index (χ1n) is 9.87. The van der Waals surface area contributed by atoms with Crippen molar-refractivity contribution < 1.29 is 9.53 Å². The fourth-order valence-electron chi connectivity index (χ4n) is 5.46. The number of nitrogens with zero attached hydrogens (tertiary/aromatic N) is 1. The number of ether oxygens (including phenoxy) is 1. The number of hydrogen-bond acceptors (Lipinski definition) is 2. The van der Waals surface area contributed by atoms with Crippen LogP contribution in [0.4, 0.5) is 4.79 Å². The molecule has 132 valence electrons. The molecule has 0 radical (unpaired) electrons. The van der Waals surface area contributed by atoms with Crippen molar-refractivity contribution in [2.45, 2.75) is 90.2 Å². The lowest BCUT2D eigenvalue weighted by atomic mass is 9.68. The van der Waals surface area contributed by atoms with Crippen molar-refractivity contribution >= 4 is 6.09 Å². The van der Waals surface area contributed by atoms with Gasteiger partial charge in [0, 0.05) is 18.5 Å². The van der Waals surface area contributed by atoms with Crippen LogP contribution in [0.3, 0.4) is 0 Å². The second kappa shape index (κ2) is 5.93. The highest BCUT2D eigenvalue weighted by atomic mass is 16.6. The summed E-state index contributed by atoms with van der Waals surface area (Å²) in [5, 5.41) is 0. The molecule has 3 nitrogen and oxygen atoms in total. The van der Waals surface area contributed by atoms with Crippen molar-refractivity contribution in [1.82, 2.24) is 4.90 Å². The van der Waals surface area contributed by atoms with Crippen LogP contribution in [-0.2, 0) is 4.74 Å². The molecule has 1 amide bonds. The van der Waals surface area contributed by atoms with Crippen LogP contribution in [0.2, 0.25) is 0 Å². The molecule has 0 bridgehead atoms. The first-order valence-corrected chi connectivity index (χ1v) is 9.87. The normalized spacial score (nSPS) is 30.0. The van der Waals surface area contributed by atoms with Crippen molar-refractivity contribution in [2.75, 3.05) is 6.54 Å². The third kappa shape index (κ3) is 2.80.